The van der Waals surface area contributed by atoms with Crippen molar-refractivity contribution < 1.29 is 9.53 Å². The lowest BCUT2D eigenvalue weighted by atomic mass is 10.1. The Labute approximate surface area is 136 Å². The van der Waals surface area contributed by atoms with Crippen molar-refractivity contribution in [3.05, 3.63) is 65.0 Å². The van der Waals surface area contributed by atoms with Gasteiger partial charge in [0.15, 0.2) is 0 Å². The fraction of sp³-hybridized carbons (Fsp3) is 0.0588. The van der Waals surface area contributed by atoms with Crippen LogP contribution in [0.5, 0.6) is 0 Å². The van der Waals surface area contributed by atoms with Crippen LogP contribution in [0, 0.1) is 0 Å². The van der Waals surface area contributed by atoms with Crippen LogP contribution in [-0.2, 0) is 4.74 Å². The summed E-state index contributed by atoms with van der Waals surface area (Å²) in [6, 6.07) is 13.2. The first-order valence-electron chi connectivity index (χ1n) is 6.59. The number of ether oxygens (including phenoxy) is 1. The molecule has 0 aliphatic carbocycles. The number of pyridine rings is 1. The highest BCUT2D eigenvalue weighted by Gasteiger charge is 2.15. The van der Waals surface area contributed by atoms with Crippen LogP contribution in [0.1, 0.15) is 10.4 Å². The highest BCUT2D eigenvalue weighted by molar-refractivity contribution is 7.13. The Balaban J connectivity index is 2.10. The third kappa shape index (κ3) is 3.03. The number of aromatic nitrogens is 1. The van der Waals surface area contributed by atoms with E-state index in [-0.39, 0.29) is 11.6 Å². The zero-order chi connectivity index (χ0) is 15.5. The van der Waals surface area contributed by atoms with Gasteiger partial charge in [-0.15, -0.1) is 11.3 Å². The van der Waals surface area contributed by atoms with E-state index >= 15 is 0 Å². The summed E-state index contributed by atoms with van der Waals surface area (Å²) in [7, 11) is 0. The lowest BCUT2D eigenvalue weighted by molar-refractivity contribution is 0.0548. The quantitative estimate of drug-likeness (QED) is 0.641. The highest BCUT2D eigenvalue weighted by Crippen LogP contribution is 2.28. The topological polar surface area (TPSA) is 39.2 Å². The number of hydrogen-bond donors (Lipinski definition) is 0. The van der Waals surface area contributed by atoms with Gasteiger partial charge in [0.25, 0.3) is 0 Å². The monoisotopic (exact) mass is 329 g/mol. The van der Waals surface area contributed by atoms with Gasteiger partial charge in [0, 0.05) is 10.4 Å². The number of para-hydroxylation sites is 1. The van der Waals surface area contributed by atoms with Gasteiger partial charge in [-0.3, -0.25) is 0 Å². The van der Waals surface area contributed by atoms with Crippen molar-refractivity contribution in [3.63, 3.8) is 0 Å². The summed E-state index contributed by atoms with van der Waals surface area (Å²) in [5.41, 5.74) is 1.99. The predicted octanol–water partition coefficient (Wildman–Crippen LogP) is 4.87. The largest absolute Gasteiger partial charge is 0.456 e. The van der Waals surface area contributed by atoms with Crippen molar-refractivity contribution >= 4 is 39.8 Å². The SMILES string of the molecule is C=C(Cl)COC(=O)c1cc(-c2cccs2)nc2ccccc12. The van der Waals surface area contributed by atoms with Crippen LogP contribution in [0.15, 0.2) is 59.5 Å². The molecule has 1 aromatic carbocycles. The van der Waals surface area contributed by atoms with Crippen LogP contribution in [-0.4, -0.2) is 17.6 Å². The lowest BCUT2D eigenvalue weighted by Gasteiger charge is -2.09. The molecule has 0 saturated carbocycles. The van der Waals surface area contributed by atoms with Crippen molar-refractivity contribution in [2.75, 3.05) is 6.61 Å². The van der Waals surface area contributed by atoms with E-state index < -0.39 is 5.97 Å². The van der Waals surface area contributed by atoms with E-state index in [1.165, 1.54) is 0 Å². The summed E-state index contributed by atoms with van der Waals surface area (Å²) in [6.07, 6.45) is 0. The van der Waals surface area contributed by atoms with E-state index in [1.807, 2.05) is 41.8 Å². The number of benzene rings is 1. The summed E-state index contributed by atoms with van der Waals surface area (Å²) < 4.78 is 5.18. The normalized spacial score (nSPS) is 10.6. The lowest BCUT2D eigenvalue weighted by Crippen LogP contribution is -2.08. The van der Waals surface area contributed by atoms with Crippen LogP contribution >= 0.6 is 22.9 Å². The first-order valence-corrected chi connectivity index (χ1v) is 7.85. The van der Waals surface area contributed by atoms with Gasteiger partial charge in [-0.2, -0.15) is 0 Å². The molecule has 5 heteroatoms. The minimum atomic E-state index is -0.432. The van der Waals surface area contributed by atoms with Crippen molar-refractivity contribution in [3.8, 4) is 10.6 Å². The number of carbonyl (C=O) groups is 1. The van der Waals surface area contributed by atoms with E-state index in [4.69, 9.17) is 16.3 Å². The number of esters is 1. The fourth-order valence-corrected chi connectivity index (χ4v) is 2.86. The smallest absolute Gasteiger partial charge is 0.339 e. The zero-order valence-corrected chi connectivity index (χ0v) is 13.2. The molecule has 110 valence electrons. The molecule has 3 nitrogen and oxygen atoms in total. The van der Waals surface area contributed by atoms with Crippen molar-refractivity contribution in [1.82, 2.24) is 4.98 Å². The van der Waals surface area contributed by atoms with Crippen molar-refractivity contribution in [2.24, 2.45) is 0 Å². The molecule has 0 radical (unpaired) electrons. The van der Waals surface area contributed by atoms with Gasteiger partial charge in [-0.1, -0.05) is 42.4 Å². The third-order valence-electron chi connectivity index (χ3n) is 3.07. The minimum Gasteiger partial charge on any atom is -0.456 e. The molecular weight excluding hydrogens is 318 g/mol. The second kappa shape index (κ2) is 6.30. The molecule has 0 atom stereocenters. The Hall–Kier alpha value is -2.17. The number of halogens is 1. The maximum absolute atomic E-state index is 12.3. The number of thiophene rings is 1. The highest BCUT2D eigenvalue weighted by atomic mass is 35.5. The first-order chi connectivity index (χ1) is 10.6. The van der Waals surface area contributed by atoms with Crippen LogP contribution in [0.2, 0.25) is 0 Å². The Morgan fingerprint density at radius 3 is 2.82 bits per heavy atom. The van der Waals surface area contributed by atoms with Crippen molar-refractivity contribution in [1.29, 1.82) is 0 Å². The van der Waals surface area contributed by atoms with E-state index in [1.54, 1.807) is 17.4 Å². The summed E-state index contributed by atoms with van der Waals surface area (Å²) in [4.78, 5) is 18.0. The molecule has 22 heavy (non-hydrogen) atoms. The molecule has 0 aliphatic rings. The summed E-state index contributed by atoms with van der Waals surface area (Å²) >= 11 is 7.23. The Morgan fingerprint density at radius 1 is 1.27 bits per heavy atom. The Bertz CT molecular complexity index is 843. The molecule has 0 amide bonds. The molecule has 0 N–H and O–H groups in total. The molecule has 0 saturated heterocycles. The summed E-state index contributed by atoms with van der Waals surface area (Å²) in [5, 5.41) is 3.01. The van der Waals surface area contributed by atoms with Gasteiger partial charge in [-0.25, -0.2) is 9.78 Å². The van der Waals surface area contributed by atoms with Gasteiger partial charge in [0.05, 0.1) is 21.7 Å². The molecule has 0 spiro atoms. The molecular formula is C17H12ClNO2S. The number of hydrogen-bond acceptors (Lipinski definition) is 4. The first kappa shape index (κ1) is 14.8. The van der Waals surface area contributed by atoms with E-state index in [0.29, 0.717) is 5.56 Å². The van der Waals surface area contributed by atoms with Crippen LogP contribution in [0.25, 0.3) is 21.5 Å². The molecule has 3 rings (SSSR count). The maximum atomic E-state index is 12.3. The van der Waals surface area contributed by atoms with Crippen molar-refractivity contribution in [2.45, 2.75) is 0 Å². The molecule has 0 unspecified atom stereocenters. The molecule has 0 aliphatic heterocycles. The maximum Gasteiger partial charge on any atom is 0.339 e. The minimum absolute atomic E-state index is 0.00856. The van der Waals surface area contributed by atoms with Gasteiger partial charge in [0.2, 0.25) is 0 Å². The standard InChI is InChI=1S/C17H12ClNO2S/c1-11(18)10-21-17(20)13-9-15(16-7-4-8-22-16)19-14-6-3-2-5-12(13)14/h2-9H,1,10H2. The van der Waals surface area contributed by atoms with E-state index in [2.05, 4.69) is 11.6 Å². The number of nitrogens with zero attached hydrogens (tertiary/aromatic N) is 1. The van der Waals surface area contributed by atoms with Gasteiger partial charge < -0.3 is 4.74 Å². The average molecular weight is 330 g/mol. The molecule has 2 heterocycles. The van der Waals surface area contributed by atoms with Crippen LogP contribution in [0.3, 0.4) is 0 Å². The Morgan fingerprint density at radius 2 is 2.09 bits per heavy atom. The number of rotatable bonds is 4. The number of carbonyl (C=O) groups excluding carboxylic acids is 1. The van der Waals surface area contributed by atoms with Crippen LogP contribution in [0.4, 0.5) is 0 Å². The second-order valence-electron chi connectivity index (χ2n) is 4.64. The Kier molecular flexibility index (Phi) is 4.22. The van der Waals surface area contributed by atoms with Gasteiger partial charge >= 0.3 is 5.97 Å². The third-order valence-corrected chi connectivity index (χ3v) is 4.07. The van der Waals surface area contributed by atoms with E-state index in [9.17, 15) is 4.79 Å². The van der Waals surface area contributed by atoms with Gasteiger partial charge in [0.1, 0.15) is 6.61 Å². The molecule has 0 bridgehead atoms. The summed E-state index contributed by atoms with van der Waals surface area (Å²) in [5.74, 6) is -0.432. The average Bonchev–Trinajstić information content (AvgIpc) is 3.06. The van der Waals surface area contributed by atoms with Crippen LogP contribution < -0.4 is 0 Å². The second-order valence-corrected chi connectivity index (χ2v) is 6.13. The number of fused-ring (bicyclic) bond motifs is 1. The zero-order valence-electron chi connectivity index (χ0n) is 11.6. The molecule has 0 fully saturated rings. The van der Waals surface area contributed by atoms with Gasteiger partial charge in [-0.05, 0) is 23.6 Å². The molecule has 3 aromatic rings. The summed E-state index contributed by atoms with van der Waals surface area (Å²) in [6.45, 7) is 3.51. The van der Waals surface area contributed by atoms with E-state index in [0.717, 1.165) is 21.5 Å². The molecule has 2 aromatic heterocycles. The predicted molar refractivity (Wildman–Crippen MR) is 90.3 cm³/mol. The fourth-order valence-electron chi connectivity index (χ4n) is 2.12.